The van der Waals surface area contributed by atoms with Crippen molar-refractivity contribution in [3.8, 4) is 5.69 Å². The largest absolute Gasteiger partial charge is 0.477 e. The zero-order chi connectivity index (χ0) is 22.3. The molecule has 4 aromatic rings. The van der Waals surface area contributed by atoms with Crippen molar-refractivity contribution in [1.29, 1.82) is 0 Å². The van der Waals surface area contributed by atoms with E-state index in [9.17, 15) is 32.1 Å². The molecule has 0 aliphatic heterocycles. The van der Waals surface area contributed by atoms with E-state index in [2.05, 4.69) is 4.98 Å². The maximum atomic E-state index is 14.8. The first-order valence-corrected chi connectivity index (χ1v) is 9.84. The van der Waals surface area contributed by atoms with Gasteiger partial charge in [-0.05, 0) is 30.3 Å². The lowest BCUT2D eigenvalue weighted by Crippen LogP contribution is -2.20. The summed E-state index contributed by atoms with van der Waals surface area (Å²) in [6.07, 6.45) is 0.809. The van der Waals surface area contributed by atoms with Gasteiger partial charge in [0.15, 0.2) is 10.8 Å². The second-order valence-corrected chi connectivity index (χ2v) is 7.77. The first-order chi connectivity index (χ1) is 14.8. The van der Waals surface area contributed by atoms with Gasteiger partial charge in [-0.25, -0.2) is 27.2 Å². The van der Waals surface area contributed by atoms with Crippen LogP contribution in [-0.4, -0.2) is 24.8 Å². The number of aromatic nitrogens is 2. The number of benzene rings is 2. The Bertz CT molecular complexity index is 1440. The molecule has 31 heavy (non-hydrogen) atoms. The summed E-state index contributed by atoms with van der Waals surface area (Å²) in [5.41, 5.74) is -2.48. The summed E-state index contributed by atoms with van der Waals surface area (Å²) in [6.45, 7) is 0. The van der Waals surface area contributed by atoms with Gasteiger partial charge in [0.05, 0.1) is 11.1 Å². The number of fused-ring (bicyclic) bond motifs is 1. The molecular formula is C21H11F3N2O4S. The molecule has 0 aliphatic rings. The van der Waals surface area contributed by atoms with Crippen molar-refractivity contribution in [2.24, 2.45) is 0 Å². The van der Waals surface area contributed by atoms with Gasteiger partial charge < -0.3 is 5.11 Å². The van der Waals surface area contributed by atoms with E-state index >= 15 is 0 Å². The Morgan fingerprint density at radius 1 is 1.00 bits per heavy atom. The fourth-order valence-corrected chi connectivity index (χ4v) is 4.04. The standard InChI is InChI=1S/C21H11F3N2O4S/c22-11-6-7-17(15(23)8-11)26-10-14(21(28)29)18(27)13-9-16(24)20(25-19(13)26)31(30)12-4-2-1-3-5-12/h1-10H,(H,28,29). The second-order valence-electron chi connectivity index (χ2n) is 6.37. The zero-order valence-electron chi connectivity index (χ0n) is 15.4. The number of carbonyl (C=O) groups is 1. The minimum Gasteiger partial charge on any atom is -0.477 e. The monoisotopic (exact) mass is 444 g/mol. The second kappa shape index (κ2) is 7.80. The Labute approximate surface area is 174 Å². The molecule has 2 aromatic carbocycles. The summed E-state index contributed by atoms with van der Waals surface area (Å²) in [5.74, 6) is -4.67. The third-order valence-corrected chi connectivity index (χ3v) is 5.77. The van der Waals surface area contributed by atoms with Crippen LogP contribution in [-0.2, 0) is 10.8 Å². The minimum absolute atomic E-state index is 0.234. The van der Waals surface area contributed by atoms with Crippen LogP contribution in [0, 0.1) is 17.5 Å². The molecule has 0 bridgehead atoms. The molecule has 0 saturated carbocycles. The van der Waals surface area contributed by atoms with E-state index in [1.165, 1.54) is 12.1 Å². The van der Waals surface area contributed by atoms with E-state index in [0.717, 1.165) is 22.9 Å². The number of hydrogen-bond donors (Lipinski definition) is 1. The van der Waals surface area contributed by atoms with Crippen LogP contribution in [0.5, 0.6) is 0 Å². The van der Waals surface area contributed by atoms with Crippen LogP contribution in [0.4, 0.5) is 13.2 Å². The lowest BCUT2D eigenvalue weighted by Gasteiger charge is -2.14. The normalized spacial score (nSPS) is 12.1. The molecule has 156 valence electrons. The first-order valence-electron chi connectivity index (χ1n) is 8.69. The summed E-state index contributed by atoms with van der Waals surface area (Å²) < 4.78 is 56.3. The molecule has 0 aliphatic carbocycles. The van der Waals surface area contributed by atoms with Gasteiger partial charge >= 0.3 is 5.97 Å². The van der Waals surface area contributed by atoms with Gasteiger partial charge in [-0.3, -0.25) is 9.36 Å². The molecule has 0 spiro atoms. The highest BCUT2D eigenvalue weighted by molar-refractivity contribution is 7.85. The highest BCUT2D eigenvalue weighted by Crippen LogP contribution is 2.24. The van der Waals surface area contributed by atoms with Gasteiger partial charge in [0.2, 0.25) is 5.43 Å². The number of carboxylic acid groups (broad SMARTS) is 1. The third kappa shape index (κ3) is 3.61. The third-order valence-electron chi connectivity index (χ3n) is 4.43. The Kier molecular flexibility index (Phi) is 5.15. The summed E-state index contributed by atoms with van der Waals surface area (Å²) in [4.78, 5) is 28.3. The van der Waals surface area contributed by atoms with E-state index < -0.39 is 55.6 Å². The van der Waals surface area contributed by atoms with Crippen molar-refractivity contribution in [3.63, 3.8) is 0 Å². The van der Waals surface area contributed by atoms with Crippen molar-refractivity contribution in [2.75, 3.05) is 0 Å². The quantitative estimate of drug-likeness (QED) is 0.519. The Morgan fingerprint density at radius 3 is 2.35 bits per heavy atom. The zero-order valence-corrected chi connectivity index (χ0v) is 16.2. The van der Waals surface area contributed by atoms with Gasteiger partial charge in [-0.15, -0.1) is 0 Å². The smallest absolute Gasteiger partial charge is 0.341 e. The topological polar surface area (TPSA) is 89.3 Å². The van der Waals surface area contributed by atoms with E-state index in [4.69, 9.17) is 0 Å². The Hall–Kier alpha value is -3.79. The fraction of sp³-hybridized carbons (Fsp3) is 0. The van der Waals surface area contributed by atoms with E-state index in [0.29, 0.717) is 12.1 Å². The lowest BCUT2D eigenvalue weighted by atomic mass is 10.1. The Morgan fingerprint density at radius 2 is 1.71 bits per heavy atom. The molecular weight excluding hydrogens is 433 g/mol. The maximum Gasteiger partial charge on any atom is 0.341 e. The molecule has 10 heteroatoms. The molecule has 1 atom stereocenters. The molecule has 4 rings (SSSR count). The van der Waals surface area contributed by atoms with Crippen LogP contribution in [0.1, 0.15) is 10.4 Å². The van der Waals surface area contributed by atoms with Gasteiger partial charge in [0.1, 0.15) is 33.6 Å². The number of pyridine rings is 2. The summed E-state index contributed by atoms with van der Waals surface area (Å²) in [7, 11) is -2.08. The van der Waals surface area contributed by atoms with E-state index in [1.54, 1.807) is 18.2 Å². The predicted octanol–water partition coefficient (Wildman–Crippen LogP) is 3.67. The lowest BCUT2D eigenvalue weighted by molar-refractivity contribution is 0.0695. The molecule has 2 aromatic heterocycles. The van der Waals surface area contributed by atoms with Crippen LogP contribution >= 0.6 is 0 Å². The van der Waals surface area contributed by atoms with Crippen molar-refractivity contribution in [3.05, 3.63) is 94.0 Å². The predicted molar refractivity (Wildman–Crippen MR) is 105 cm³/mol. The molecule has 1 unspecified atom stereocenters. The number of rotatable bonds is 4. The first kappa shape index (κ1) is 20.5. The number of carboxylic acids is 1. The summed E-state index contributed by atoms with van der Waals surface area (Å²) >= 11 is 0. The number of aromatic carboxylic acids is 1. The Balaban J connectivity index is 2.08. The van der Waals surface area contributed by atoms with Crippen LogP contribution in [0.3, 0.4) is 0 Å². The molecule has 2 heterocycles. The molecule has 0 fully saturated rings. The molecule has 1 N–H and O–H groups in total. The summed E-state index contributed by atoms with van der Waals surface area (Å²) in [5, 5.41) is 8.35. The van der Waals surface area contributed by atoms with Crippen molar-refractivity contribution < 1.29 is 27.3 Å². The van der Waals surface area contributed by atoms with Crippen LogP contribution in [0.15, 0.2) is 75.5 Å². The highest BCUT2D eigenvalue weighted by atomic mass is 32.2. The SMILES string of the molecule is O=C(O)c1cn(-c2ccc(F)cc2F)c2nc(S(=O)c3ccccc3)c(F)cc2c1=O. The van der Waals surface area contributed by atoms with Gasteiger partial charge in [0.25, 0.3) is 0 Å². The molecule has 0 saturated heterocycles. The number of hydrogen-bond acceptors (Lipinski definition) is 4. The summed E-state index contributed by atoms with van der Waals surface area (Å²) in [6, 6.07) is 11.0. The molecule has 0 amide bonds. The van der Waals surface area contributed by atoms with Gasteiger partial charge in [-0.2, -0.15) is 0 Å². The van der Waals surface area contributed by atoms with Crippen molar-refractivity contribution >= 4 is 27.8 Å². The molecule has 0 radical (unpaired) electrons. The van der Waals surface area contributed by atoms with Crippen LogP contribution in [0.25, 0.3) is 16.7 Å². The number of halogens is 3. The van der Waals surface area contributed by atoms with Crippen LogP contribution in [0.2, 0.25) is 0 Å². The van der Waals surface area contributed by atoms with E-state index in [1.807, 2.05) is 0 Å². The van der Waals surface area contributed by atoms with Gasteiger partial charge in [0, 0.05) is 17.2 Å². The molecule has 6 nitrogen and oxygen atoms in total. The van der Waals surface area contributed by atoms with Crippen molar-refractivity contribution in [2.45, 2.75) is 9.92 Å². The fourth-order valence-electron chi connectivity index (χ4n) is 3.01. The van der Waals surface area contributed by atoms with Gasteiger partial charge in [-0.1, -0.05) is 18.2 Å². The average molecular weight is 444 g/mol. The maximum absolute atomic E-state index is 14.8. The van der Waals surface area contributed by atoms with Crippen LogP contribution < -0.4 is 5.43 Å². The van der Waals surface area contributed by atoms with E-state index in [-0.39, 0.29) is 16.2 Å². The minimum atomic E-state index is -2.08. The number of nitrogens with zero attached hydrogens (tertiary/aromatic N) is 2. The average Bonchev–Trinajstić information content (AvgIpc) is 2.74. The highest BCUT2D eigenvalue weighted by Gasteiger charge is 2.22. The van der Waals surface area contributed by atoms with Crippen molar-refractivity contribution in [1.82, 2.24) is 9.55 Å².